The maximum atomic E-state index is 13.7. The molecule has 0 spiro atoms. The molecule has 0 radical (unpaired) electrons. The maximum absolute atomic E-state index is 13.7. The molecule has 1 aliphatic heterocycles. The number of ether oxygens (including phenoxy) is 1. The summed E-state index contributed by atoms with van der Waals surface area (Å²) in [7, 11) is 0. The Morgan fingerprint density at radius 1 is 1.18 bits per heavy atom. The molecule has 1 aliphatic carbocycles. The molecule has 2 aromatic rings. The van der Waals surface area contributed by atoms with Gasteiger partial charge in [-0.1, -0.05) is 12.2 Å². The van der Waals surface area contributed by atoms with Crippen molar-refractivity contribution in [1.82, 2.24) is 10.3 Å². The number of nitrogens with one attached hydrogen (secondary N) is 2. The number of carbonyl (C=O) groups excluding carboxylic acids is 1. The highest BCUT2D eigenvalue weighted by Gasteiger charge is 2.49. The molecular weight excluding hydrogens is 364 g/mol. The van der Waals surface area contributed by atoms with E-state index in [0.717, 1.165) is 5.69 Å². The normalized spacial score (nSPS) is 18.4. The van der Waals surface area contributed by atoms with Crippen molar-refractivity contribution >= 4 is 11.6 Å². The SMILES string of the molecule is O=C(Nc1ccc(OC(F)(F)C2CC2)cc1)c1ccnc(C2C=CC=CN2)c1. The third kappa shape index (κ3) is 4.19. The number of rotatable bonds is 6. The monoisotopic (exact) mass is 383 g/mol. The molecule has 7 heteroatoms. The average Bonchev–Trinajstić information content (AvgIpc) is 3.56. The molecule has 1 aromatic heterocycles. The first-order valence-electron chi connectivity index (χ1n) is 9.05. The minimum absolute atomic E-state index is 0.0734. The lowest BCUT2D eigenvalue weighted by Crippen LogP contribution is -2.27. The van der Waals surface area contributed by atoms with Gasteiger partial charge in [0.05, 0.1) is 17.7 Å². The van der Waals surface area contributed by atoms with Crippen LogP contribution in [0.3, 0.4) is 0 Å². The molecule has 28 heavy (non-hydrogen) atoms. The van der Waals surface area contributed by atoms with Gasteiger partial charge >= 0.3 is 6.11 Å². The molecule has 1 unspecified atom stereocenters. The van der Waals surface area contributed by atoms with Gasteiger partial charge in [-0.15, -0.1) is 0 Å². The molecule has 1 amide bonds. The van der Waals surface area contributed by atoms with Gasteiger partial charge in [0.15, 0.2) is 0 Å². The van der Waals surface area contributed by atoms with E-state index in [2.05, 4.69) is 15.6 Å². The number of anilines is 1. The van der Waals surface area contributed by atoms with Gasteiger partial charge in [-0.3, -0.25) is 9.78 Å². The predicted octanol–water partition coefficient (Wildman–Crippen LogP) is 4.43. The minimum atomic E-state index is -3.14. The molecule has 1 fully saturated rings. The van der Waals surface area contributed by atoms with Crippen LogP contribution in [0.4, 0.5) is 14.5 Å². The summed E-state index contributed by atoms with van der Waals surface area (Å²) in [5.41, 5.74) is 1.67. The van der Waals surface area contributed by atoms with E-state index >= 15 is 0 Å². The number of nitrogens with zero attached hydrogens (tertiary/aromatic N) is 1. The van der Waals surface area contributed by atoms with Gasteiger partial charge < -0.3 is 15.4 Å². The second-order valence-corrected chi connectivity index (χ2v) is 6.77. The molecule has 2 heterocycles. The van der Waals surface area contributed by atoms with Gasteiger partial charge in [0.1, 0.15) is 5.75 Å². The van der Waals surface area contributed by atoms with Crippen LogP contribution in [0.5, 0.6) is 5.75 Å². The molecule has 1 aromatic carbocycles. The summed E-state index contributed by atoms with van der Waals surface area (Å²) in [5.74, 6) is -0.933. The van der Waals surface area contributed by atoms with Crippen LogP contribution in [-0.2, 0) is 0 Å². The summed E-state index contributed by atoms with van der Waals surface area (Å²) in [6, 6.07) is 9.16. The van der Waals surface area contributed by atoms with Crippen molar-refractivity contribution in [2.24, 2.45) is 5.92 Å². The molecule has 5 nitrogen and oxygen atoms in total. The predicted molar refractivity (Wildman–Crippen MR) is 101 cm³/mol. The third-order valence-electron chi connectivity index (χ3n) is 4.57. The Bertz CT molecular complexity index is 922. The zero-order valence-corrected chi connectivity index (χ0v) is 14.9. The fourth-order valence-corrected chi connectivity index (χ4v) is 2.86. The molecule has 144 valence electrons. The van der Waals surface area contributed by atoms with Gasteiger partial charge in [0, 0.05) is 17.4 Å². The van der Waals surface area contributed by atoms with Crippen LogP contribution in [0.2, 0.25) is 0 Å². The second kappa shape index (κ2) is 7.42. The lowest BCUT2D eigenvalue weighted by molar-refractivity contribution is -0.192. The summed E-state index contributed by atoms with van der Waals surface area (Å²) >= 11 is 0. The number of halogens is 2. The fourth-order valence-electron chi connectivity index (χ4n) is 2.86. The summed E-state index contributed by atoms with van der Waals surface area (Å²) < 4.78 is 32.2. The van der Waals surface area contributed by atoms with Gasteiger partial charge in [0.2, 0.25) is 0 Å². The smallest absolute Gasteiger partial charge is 0.400 e. The number of amides is 1. The Morgan fingerprint density at radius 3 is 2.64 bits per heavy atom. The Labute approximate surface area is 161 Å². The van der Waals surface area contributed by atoms with Crippen molar-refractivity contribution in [3.8, 4) is 5.75 Å². The van der Waals surface area contributed by atoms with Gasteiger partial charge in [-0.25, -0.2) is 0 Å². The molecule has 2 aliphatic rings. The second-order valence-electron chi connectivity index (χ2n) is 6.77. The van der Waals surface area contributed by atoms with Crippen molar-refractivity contribution in [3.63, 3.8) is 0 Å². The lowest BCUT2D eigenvalue weighted by Gasteiger charge is -2.17. The van der Waals surface area contributed by atoms with E-state index in [0.29, 0.717) is 24.1 Å². The summed E-state index contributed by atoms with van der Waals surface area (Å²) in [6.07, 6.45) is 6.95. The number of allylic oxidation sites excluding steroid dienone is 2. The Morgan fingerprint density at radius 2 is 1.96 bits per heavy atom. The first-order chi connectivity index (χ1) is 13.5. The van der Waals surface area contributed by atoms with Gasteiger partial charge in [-0.2, -0.15) is 8.78 Å². The van der Waals surface area contributed by atoms with Crippen molar-refractivity contribution in [1.29, 1.82) is 0 Å². The molecule has 0 saturated heterocycles. The van der Waals surface area contributed by atoms with Crippen LogP contribution in [0.25, 0.3) is 0 Å². The van der Waals surface area contributed by atoms with E-state index in [1.165, 1.54) is 24.3 Å². The minimum Gasteiger partial charge on any atom is -0.432 e. The van der Waals surface area contributed by atoms with Gasteiger partial charge in [0.25, 0.3) is 5.91 Å². The number of dihydropyridines is 1. The van der Waals surface area contributed by atoms with Crippen molar-refractivity contribution in [3.05, 3.63) is 78.3 Å². The highest BCUT2D eigenvalue weighted by atomic mass is 19.3. The summed E-state index contributed by atoms with van der Waals surface area (Å²) in [6.45, 7) is 0. The molecule has 1 atom stereocenters. The number of alkyl halides is 2. The van der Waals surface area contributed by atoms with Crippen LogP contribution in [0.15, 0.2) is 67.0 Å². The van der Waals surface area contributed by atoms with Crippen LogP contribution < -0.4 is 15.4 Å². The zero-order chi connectivity index (χ0) is 19.6. The number of carbonyl (C=O) groups is 1. The van der Waals surface area contributed by atoms with E-state index < -0.39 is 12.0 Å². The van der Waals surface area contributed by atoms with E-state index in [-0.39, 0.29) is 17.7 Å². The van der Waals surface area contributed by atoms with Crippen LogP contribution in [-0.4, -0.2) is 17.0 Å². The maximum Gasteiger partial charge on any atom is 0.400 e. The molecule has 4 rings (SSSR count). The Kier molecular flexibility index (Phi) is 4.81. The highest BCUT2D eigenvalue weighted by Crippen LogP contribution is 2.44. The zero-order valence-electron chi connectivity index (χ0n) is 14.9. The van der Waals surface area contributed by atoms with E-state index in [1.54, 1.807) is 18.3 Å². The number of hydrogen-bond acceptors (Lipinski definition) is 4. The molecule has 1 saturated carbocycles. The molecule has 2 N–H and O–H groups in total. The van der Waals surface area contributed by atoms with Crippen LogP contribution >= 0.6 is 0 Å². The number of pyridine rings is 1. The standard InChI is InChI=1S/C21H19F2N3O2/c22-21(23,15-4-5-15)28-17-8-6-16(7-9-17)26-20(27)14-10-12-25-19(13-14)18-3-1-2-11-24-18/h1-3,6-13,15,18,24H,4-5H2,(H,26,27). The first kappa shape index (κ1) is 18.2. The van der Waals surface area contributed by atoms with E-state index in [1.807, 2.05) is 24.4 Å². The summed E-state index contributed by atoms with van der Waals surface area (Å²) in [4.78, 5) is 16.8. The van der Waals surface area contributed by atoms with Gasteiger partial charge in [-0.05, 0) is 61.5 Å². The molecular formula is C21H19F2N3O2. The largest absolute Gasteiger partial charge is 0.432 e. The van der Waals surface area contributed by atoms with Crippen molar-refractivity contribution < 1.29 is 18.3 Å². The van der Waals surface area contributed by atoms with Crippen LogP contribution in [0, 0.1) is 5.92 Å². The first-order valence-corrected chi connectivity index (χ1v) is 9.05. The average molecular weight is 383 g/mol. The van der Waals surface area contributed by atoms with E-state index in [9.17, 15) is 13.6 Å². The van der Waals surface area contributed by atoms with Crippen molar-refractivity contribution in [2.45, 2.75) is 25.0 Å². The fraction of sp³-hybridized carbons (Fsp3) is 0.238. The highest BCUT2D eigenvalue weighted by molar-refractivity contribution is 6.04. The Hall–Kier alpha value is -3.22. The topological polar surface area (TPSA) is 63.2 Å². The summed E-state index contributed by atoms with van der Waals surface area (Å²) in [5, 5.41) is 5.90. The van der Waals surface area contributed by atoms with Crippen molar-refractivity contribution in [2.75, 3.05) is 5.32 Å². The lowest BCUT2D eigenvalue weighted by atomic mass is 10.1. The number of hydrogen-bond donors (Lipinski definition) is 2. The number of aromatic nitrogens is 1. The van der Waals surface area contributed by atoms with E-state index in [4.69, 9.17) is 4.74 Å². The third-order valence-corrected chi connectivity index (χ3v) is 4.57. The molecule has 0 bridgehead atoms. The van der Waals surface area contributed by atoms with Crippen LogP contribution in [0.1, 0.15) is 34.9 Å². The number of benzene rings is 1. The quantitative estimate of drug-likeness (QED) is 0.775. The Balaban J connectivity index is 1.41.